The molecule has 0 spiro atoms. The predicted molar refractivity (Wildman–Crippen MR) is 90.1 cm³/mol. The van der Waals surface area contributed by atoms with E-state index in [0.717, 1.165) is 38.6 Å². The van der Waals surface area contributed by atoms with Gasteiger partial charge in [0.05, 0.1) is 18.4 Å². The molecule has 0 aromatic heterocycles. The maximum absolute atomic E-state index is 12.3. The van der Waals surface area contributed by atoms with Gasteiger partial charge in [-0.05, 0) is 45.6 Å². The van der Waals surface area contributed by atoms with E-state index in [0.29, 0.717) is 12.8 Å². The number of hydrogen-bond donors (Lipinski definition) is 5. The van der Waals surface area contributed by atoms with Gasteiger partial charge in [0.1, 0.15) is 13.1 Å². The fraction of sp³-hybridized carbons (Fsp3) is 0.938. The van der Waals surface area contributed by atoms with Gasteiger partial charge < -0.3 is 25.4 Å². The zero-order valence-electron chi connectivity index (χ0n) is 14.6. The van der Waals surface area contributed by atoms with Crippen LogP contribution < -0.4 is 26.6 Å². The smallest absolute Gasteiger partial charge is 0.317 e. The van der Waals surface area contributed by atoms with Gasteiger partial charge in [-0.2, -0.15) is 0 Å². The molecule has 0 bridgehead atoms. The highest BCUT2D eigenvalue weighted by atomic mass is 16.7. The summed E-state index contributed by atoms with van der Waals surface area (Å²) >= 11 is 0. The minimum Gasteiger partial charge on any atom is -0.349 e. The summed E-state index contributed by atoms with van der Waals surface area (Å²) in [7, 11) is 0. The van der Waals surface area contributed by atoms with Gasteiger partial charge in [-0.15, -0.1) is 0 Å². The Morgan fingerprint density at radius 3 is 2.79 bits per heavy atom. The first-order valence-electron chi connectivity index (χ1n) is 9.19. The zero-order chi connectivity index (χ0) is 16.9. The van der Waals surface area contributed by atoms with Gasteiger partial charge in [0, 0.05) is 12.1 Å². The van der Waals surface area contributed by atoms with E-state index < -0.39 is 0 Å². The minimum absolute atomic E-state index is 0.123. The Kier molecular flexibility index (Phi) is 6.29. The van der Waals surface area contributed by atoms with Crippen molar-refractivity contribution in [3.05, 3.63) is 0 Å². The quantitative estimate of drug-likeness (QED) is 0.489. The Bertz CT molecular complexity index is 425. The van der Waals surface area contributed by atoms with Crippen molar-refractivity contribution in [1.82, 2.24) is 26.6 Å². The Hall–Kier alpha value is -0.930. The lowest BCUT2D eigenvalue weighted by Gasteiger charge is -2.37. The van der Waals surface area contributed by atoms with Gasteiger partial charge in [-0.3, -0.25) is 10.6 Å². The van der Waals surface area contributed by atoms with Crippen molar-refractivity contribution in [3.8, 4) is 0 Å². The van der Waals surface area contributed by atoms with E-state index in [4.69, 9.17) is 9.47 Å². The summed E-state index contributed by atoms with van der Waals surface area (Å²) in [6, 6.07) is 0.332. The lowest BCUT2D eigenvalue weighted by molar-refractivity contribution is 0.0393. The molecule has 1 aliphatic carbocycles. The Labute approximate surface area is 143 Å². The molecule has 3 aliphatic rings. The van der Waals surface area contributed by atoms with Crippen LogP contribution in [0.15, 0.2) is 0 Å². The first-order valence-corrected chi connectivity index (χ1v) is 9.19. The SMILES string of the molecule is CCCNC1CC(C)NC(NC(=O)NC2CCC3OCOC3C2)N1. The number of fused-ring (bicyclic) bond motifs is 1. The van der Waals surface area contributed by atoms with Crippen molar-refractivity contribution in [1.29, 1.82) is 0 Å². The summed E-state index contributed by atoms with van der Waals surface area (Å²) < 4.78 is 11.1. The van der Waals surface area contributed by atoms with E-state index in [9.17, 15) is 4.79 Å². The normalized spacial score (nSPS) is 39.2. The number of carbonyl (C=O) groups excluding carboxylic acids is 1. The third-order valence-electron chi connectivity index (χ3n) is 4.96. The van der Waals surface area contributed by atoms with E-state index in [1.165, 1.54) is 0 Å². The second-order valence-corrected chi connectivity index (χ2v) is 7.07. The summed E-state index contributed by atoms with van der Waals surface area (Å²) in [5.74, 6) is 0. The second kappa shape index (κ2) is 8.44. The molecule has 0 aromatic rings. The van der Waals surface area contributed by atoms with E-state index >= 15 is 0 Å². The van der Waals surface area contributed by atoms with E-state index in [1.807, 2.05) is 0 Å². The average molecular weight is 341 g/mol. The molecular weight excluding hydrogens is 310 g/mol. The number of nitrogens with one attached hydrogen (secondary N) is 5. The van der Waals surface area contributed by atoms with Crippen molar-refractivity contribution in [2.45, 2.75) is 82.7 Å². The molecular formula is C16H31N5O3. The monoisotopic (exact) mass is 341 g/mol. The standard InChI is InChI=1S/C16H31N5O3/c1-3-6-17-14-7-10(2)18-15(20-14)21-16(22)19-11-4-5-12-13(8-11)24-9-23-12/h10-15,17-18,20H,3-9H2,1-2H3,(H2,19,21,22). The van der Waals surface area contributed by atoms with Crippen LogP contribution in [0.1, 0.15) is 46.0 Å². The fourth-order valence-electron chi connectivity index (χ4n) is 3.74. The molecule has 3 fully saturated rings. The number of carbonyl (C=O) groups is 1. The summed E-state index contributed by atoms with van der Waals surface area (Å²) in [6.07, 6.45) is 5.08. The predicted octanol–water partition coefficient (Wildman–Crippen LogP) is 0.160. The third kappa shape index (κ3) is 4.80. The molecule has 138 valence electrons. The molecule has 6 atom stereocenters. The highest BCUT2D eigenvalue weighted by Crippen LogP contribution is 2.28. The van der Waals surface area contributed by atoms with Gasteiger partial charge in [-0.25, -0.2) is 4.79 Å². The van der Waals surface area contributed by atoms with E-state index in [2.05, 4.69) is 40.4 Å². The molecule has 2 amide bonds. The Morgan fingerprint density at radius 2 is 1.96 bits per heavy atom. The molecule has 3 rings (SSSR count). The van der Waals surface area contributed by atoms with Gasteiger partial charge in [0.25, 0.3) is 0 Å². The van der Waals surface area contributed by atoms with Crippen LogP contribution in [0.25, 0.3) is 0 Å². The molecule has 0 aromatic carbocycles. The molecule has 2 saturated heterocycles. The van der Waals surface area contributed by atoms with Crippen LogP contribution in [0, 0.1) is 0 Å². The number of urea groups is 1. The number of amides is 2. The molecule has 2 aliphatic heterocycles. The van der Waals surface area contributed by atoms with Crippen LogP contribution in [0.2, 0.25) is 0 Å². The van der Waals surface area contributed by atoms with Crippen molar-refractivity contribution in [2.24, 2.45) is 0 Å². The zero-order valence-corrected chi connectivity index (χ0v) is 14.6. The van der Waals surface area contributed by atoms with Crippen LogP contribution in [0.5, 0.6) is 0 Å². The minimum atomic E-state index is -0.231. The lowest BCUT2D eigenvalue weighted by atomic mass is 9.91. The Balaban J connectivity index is 1.42. The maximum Gasteiger partial charge on any atom is 0.317 e. The van der Waals surface area contributed by atoms with Crippen molar-refractivity contribution in [3.63, 3.8) is 0 Å². The van der Waals surface area contributed by atoms with Gasteiger partial charge >= 0.3 is 6.03 Å². The van der Waals surface area contributed by atoms with Gasteiger partial charge in [0.2, 0.25) is 0 Å². The number of rotatable bonds is 5. The summed E-state index contributed by atoms with van der Waals surface area (Å²) in [6.45, 7) is 5.63. The lowest BCUT2D eigenvalue weighted by Crippen LogP contribution is -2.68. The summed E-state index contributed by atoms with van der Waals surface area (Å²) in [5, 5.41) is 16.2. The highest BCUT2D eigenvalue weighted by molar-refractivity contribution is 5.74. The molecule has 8 heteroatoms. The van der Waals surface area contributed by atoms with E-state index in [1.54, 1.807) is 0 Å². The van der Waals surface area contributed by atoms with Crippen molar-refractivity contribution < 1.29 is 14.3 Å². The van der Waals surface area contributed by atoms with Gasteiger partial charge in [0.15, 0.2) is 0 Å². The number of hydrogen-bond acceptors (Lipinski definition) is 6. The molecule has 5 N–H and O–H groups in total. The molecule has 0 radical (unpaired) electrons. The van der Waals surface area contributed by atoms with Crippen molar-refractivity contribution >= 4 is 6.03 Å². The Morgan fingerprint density at radius 1 is 1.12 bits per heavy atom. The molecule has 2 heterocycles. The molecule has 1 saturated carbocycles. The summed E-state index contributed by atoms with van der Waals surface area (Å²) in [4.78, 5) is 12.3. The van der Waals surface area contributed by atoms with Crippen LogP contribution in [-0.2, 0) is 9.47 Å². The van der Waals surface area contributed by atoms with Crippen molar-refractivity contribution in [2.75, 3.05) is 13.3 Å². The maximum atomic E-state index is 12.3. The topological polar surface area (TPSA) is 95.7 Å². The second-order valence-electron chi connectivity index (χ2n) is 7.07. The van der Waals surface area contributed by atoms with Gasteiger partial charge in [-0.1, -0.05) is 6.92 Å². The summed E-state index contributed by atoms with van der Waals surface area (Å²) in [5.41, 5.74) is 0. The fourth-order valence-corrected chi connectivity index (χ4v) is 3.74. The molecule has 24 heavy (non-hydrogen) atoms. The van der Waals surface area contributed by atoms with Crippen LogP contribution in [0.3, 0.4) is 0 Å². The van der Waals surface area contributed by atoms with Crippen LogP contribution in [-0.4, -0.2) is 56.1 Å². The third-order valence-corrected chi connectivity index (χ3v) is 4.96. The largest absolute Gasteiger partial charge is 0.349 e. The van der Waals surface area contributed by atoms with Crippen LogP contribution >= 0.6 is 0 Å². The molecule has 6 unspecified atom stereocenters. The first-order chi connectivity index (χ1) is 11.6. The van der Waals surface area contributed by atoms with Crippen LogP contribution in [0.4, 0.5) is 4.79 Å². The highest BCUT2D eigenvalue weighted by Gasteiger charge is 2.36. The van der Waals surface area contributed by atoms with E-state index in [-0.39, 0.29) is 36.7 Å². The molecule has 8 nitrogen and oxygen atoms in total. The average Bonchev–Trinajstić information content (AvgIpc) is 3.00. The first kappa shape index (κ1) is 17.9. The number of ether oxygens (including phenoxy) is 2.